The van der Waals surface area contributed by atoms with Crippen molar-refractivity contribution in [3.05, 3.63) is 5.82 Å². The number of aryl methyl sites for hydroxylation is 2. The molecule has 1 aromatic rings. The standard InChI is InChI=1S/C9H17N5S/c1-4-13(2)9(15)7-5-6-8-10-11-12-14(8)3/h4-7H2,1-3H3. The molecule has 15 heavy (non-hydrogen) atoms. The topological polar surface area (TPSA) is 46.8 Å². The van der Waals surface area contributed by atoms with Crippen LogP contribution in [0.25, 0.3) is 0 Å². The lowest BCUT2D eigenvalue weighted by atomic mass is 10.2. The molecule has 1 aromatic heterocycles. The van der Waals surface area contributed by atoms with Crippen molar-refractivity contribution in [2.24, 2.45) is 7.05 Å². The predicted molar refractivity (Wildman–Crippen MR) is 62.6 cm³/mol. The number of rotatable bonds is 5. The average molecular weight is 227 g/mol. The van der Waals surface area contributed by atoms with Crippen molar-refractivity contribution in [1.29, 1.82) is 0 Å². The maximum Gasteiger partial charge on any atom is 0.150 e. The minimum atomic E-state index is 0.876. The smallest absolute Gasteiger partial charge is 0.150 e. The molecule has 0 amide bonds. The first kappa shape index (κ1) is 12.0. The molecule has 0 bridgehead atoms. The summed E-state index contributed by atoms with van der Waals surface area (Å²) < 4.78 is 1.70. The van der Waals surface area contributed by atoms with Crippen LogP contribution in [0.5, 0.6) is 0 Å². The molecule has 1 rings (SSSR count). The van der Waals surface area contributed by atoms with Crippen molar-refractivity contribution in [2.45, 2.75) is 26.2 Å². The Bertz CT molecular complexity index is 322. The Hall–Kier alpha value is -1.04. The molecular formula is C9H17N5S. The van der Waals surface area contributed by atoms with Crippen LogP contribution >= 0.6 is 12.2 Å². The first-order chi connectivity index (χ1) is 7.15. The van der Waals surface area contributed by atoms with E-state index in [1.807, 2.05) is 14.1 Å². The molecule has 0 aliphatic rings. The Morgan fingerprint density at radius 3 is 2.80 bits per heavy atom. The summed E-state index contributed by atoms with van der Waals surface area (Å²) >= 11 is 5.27. The molecule has 0 aromatic carbocycles. The Kier molecular flexibility index (Phi) is 4.61. The second kappa shape index (κ2) is 5.75. The van der Waals surface area contributed by atoms with Crippen LogP contribution < -0.4 is 0 Å². The fraction of sp³-hybridized carbons (Fsp3) is 0.778. The zero-order valence-corrected chi connectivity index (χ0v) is 10.3. The van der Waals surface area contributed by atoms with Gasteiger partial charge in [-0.15, -0.1) is 5.10 Å². The molecule has 5 nitrogen and oxygen atoms in total. The lowest BCUT2D eigenvalue weighted by Crippen LogP contribution is -2.24. The summed E-state index contributed by atoms with van der Waals surface area (Å²) in [6, 6.07) is 0. The third-order valence-electron chi connectivity index (χ3n) is 2.40. The van der Waals surface area contributed by atoms with Crippen molar-refractivity contribution in [1.82, 2.24) is 25.1 Å². The number of hydrogen-bond donors (Lipinski definition) is 0. The lowest BCUT2D eigenvalue weighted by Gasteiger charge is -2.17. The number of hydrogen-bond acceptors (Lipinski definition) is 4. The first-order valence-electron chi connectivity index (χ1n) is 5.10. The minimum absolute atomic E-state index is 0.876. The van der Waals surface area contributed by atoms with Crippen LogP contribution in [0.1, 0.15) is 25.6 Å². The molecule has 0 saturated carbocycles. The van der Waals surface area contributed by atoms with E-state index >= 15 is 0 Å². The molecule has 0 atom stereocenters. The highest BCUT2D eigenvalue weighted by molar-refractivity contribution is 7.80. The van der Waals surface area contributed by atoms with Crippen molar-refractivity contribution >= 4 is 17.2 Å². The van der Waals surface area contributed by atoms with E-state index in [0.29, 0.717) is 0 Å². The van der Waals surface area contributed by atoms with Crippen molar-refractivity contribution in [2.75, 3.05) is 13.6 Å². The molecular weight excluding hydrogens is 210 g/mol. The fourth-order valence-corrected chi connectivity index (χ4v) is 1.50. The van der Waals surface area contributed by atoms with Crippen LogP contribution in [0, 0.1) is 0 Å². The van der Waals surface area contributed by atoms with E-state index < -0.39 is 0 Å². The van der Waals surface area contributed by atoms with E-state index in [9.17, 15) is 0 Å². The summed E-state index contributed by atoms with van der Waals surface area (Å²) in [5.41, 5.74) is 0. The van der Waals surface area contributed by atoms with Crippen molar-refractivity contribution in [3.8, 4) is 0 Å². The van der Waals surface area contributed by atoms with E-state index in [1.54, 1.807) is 4.68 Å². The van der Waals surface area contributed by atoms with E-state index in [4.69, 9.17) is 12.2 Å². The second-order valence-electron chi connectivity index (χ2n) is 3.48. The van der Waals surface area contributed by atoms with Gasteiger partial charge in [0.15, 0.2) is 5.82 Å². The van der Waals surface area contributed by atoms with Gasteiger partial charge in [-0.05, 0) is 30.2 Å². The SMILES string of the molecule is CCN(C)C(=S)CCCc1nnnn1C. The highest BCUT2D eigenvalue weighted by atomic mass is 32.1. The van der Waals surface area contributed by atoms with Crippen molar-refractivity contribution in [3.63, 3.8) is 0 Å². The maximum absolute atomic E-state index is 5.27. The lowest BCUT2D eigenvalue weighted by molar-refractivity contribution is 0.528. The van der Waals surface area contributed by atoms with Crippen LogP contribution in [-0.4, -0.2) is 43.7 Å². The minimum Gasteiger partial charge on any atom is -0.370 e. The van der Waals surface area contributed by atoms with E-state index in [0.717, 1.165) is 36.6 Å². The Labute approximate surface area is 95.5 Å². The van der Waals surface area contributed by atoms with Crippen LogP contribution in [-0.2, 0) is 13.5 Å². The van der Waals surface area contributed by atoms with Crippen LogP contribution in [0.4, 0.5) is 0 Å². The molecule has 0 aliphatic carbocycles. The number of aromatic nitrogens is 4. The van der Waals surface area contributed by atoms with Gasteiger partial charge in [0.25, 0.3) is 0 Å². The highest BCUT2D eigenvalue weighted by Crippen LogP contribution is 2.03. The first-order valence-corrected chi connectivity index (χ1v) is 5.51. The summed E-state index contributed by atoms with van der Waals surface area (Å²) in [5, 5.41) is 11.3. The van der Waals surface area contributed by atoms with Gasteiger partial charge in [-0.2, -0.15) is 0 Å². The van der Waals surface area contributed by atoms with Gasteiger partial charge in [-0.1, -0.05) is 12.2 Å². The van der Waals surface area contributed by atoms with Gasteiger partial charge in [0, 0.05) is 27.1 Å². The second-order valence-corrected chi connectivity index (χ2v) is 3.95. The molecule has 0 N–H and O–H groups in total. The van der Waals surface area contributed by atoms with Gasteiger partial charge in [0.2, 0.25) is 0 Å². The molecule has 0 fully saturated rings. The summed E-state index contributed by atoms with van der Waals surface area (Å²) in [6.07, 6.45) is 2.80. The number of thiocarbonyl (C=S) groups is 1. The van der Waals surface area contributed by atoms with Gasteiger partial charge in [0.05, 0.1) is 4.99 Å². The van der Waals surface area contributed by atoms with Gasteiger partial charge < -0.3 is 4.90 Å². The Morgan fingerprint density at radius 1 is 1.53 bits per heavy atom. The molecule has 84 valence electrons. The van der Waals surface area contributed by atoms with E-state index in [1.165, 1.54) is 0 Å². The third kappa shape index (κ3) is 3.54. The highest BCUT2D eigenvalue weighted by Gasteiger charge is 2.05. The van der Waals surface area contributed by atoms with Gasteiger partial charge >= 0.3 is 0 Å². The number of nitrogens with zero attached hydrogens (tertiary/aromatic N) is 5. The third-order valence-corrected chi connectivity index (χ3v) is 2.91. The zero-order chi connectivity index (χ0) is 11.3. The molecule has 0 unspecified atom stereocenters. The Morgan fingerprint density at radius 2 is 2.27 bits per heavy atom. The van der Waals surface area contributed by atoms with E-state index in [2.05, 4.69) is 27.3 Å². The molecule has 0 radical (unpaired) electrons. The predicted octanol–water partition coefficient (Wildman–Crippen LogP) is 0.812. The molecule has 1 heterocycles. The number of tetrazole rings is 1. The summed E-state index contributed by atoms with van der Waals surface area (Å²) in [7, 11) is 3.87. The molecule has 0 spiro atoms. The normalized spacial score (nSPS) is 10.3. The molecule has 0 saturated heterocycles. The van der Waals surface area contributed by atoms with Crippen LogP contribution in [0.2, 0.25) is 0 Å². The van der Waals surface area contributed by atoms with Crippen LogP contribution in [0.3, 0.4) is 0 Å². The fourth-order valence-electron chi connectivity index (χ4n) is 1.22. The quantitative estimate of drug-likeness (QED) is 0.697. The summed E-state index contributed by atoms with van der Waals surface area (Å²) in [5.74, 6) is 0.914. The zero-order valence-electron chi connectivity index (χ0n) is 9.47. The van der Waals surface area contributed by atoms with Crippen molar-refractivity contribution < 1.29 is 0 Å². The van der Waals surface area contributed by atoms with Gasteiger partial charge in [0.1, 0.15) is 0 Å². The van der Waals surface area contributed by atoms with Gasteiger partial charge in [-0.25, -0.2) is 4.68 Å². The monoisotopic (exact) mass is 227 g/mol. The van der Waals surface area contributed by atoms with Crippen LogP contribution in [0.15, 0.2) is 0 Å². The molecule has 0 aliphatic heterocycles. The average Bonchev–Trinajstić information content (AvgIpc) is 2.63. The summed E-state index contributed by atoms with van der Waals surface area (Å²) in [4.78, 5) is 3.09. The van der Waals surface area contributed by atoms with Gasteiger partial charge in [-0.3, -0.25) is 0 Å². The van der Waals surface area contributed by atoms with E-state index in [-0.39, 0.29) is 0 Å². The molecule has 6 heteroatoms. The Balaban J connectivity index is 2.28. The maximum atomic E-state index is 5.27. The largest absolute Gasteiger partial charge is 0.370 e. The summed E-state index contributed by atoms with van der Waals surface area (Å²) in [6.45, 7) is 3.06.